The Morgan fingerprint density at radius 1 is 0.970 bits per heavy atom. The van der Waals surface area contributed by atoms with Crippen molar-refractivity contribution in [2.45, 2.75) is 6.54 Å². The Morgan fingerprint density at radius 3 is 2.52 bits per heavy atom. The average molecular weight is 446 g/mol. The highest BCUT2D eigenvalue weighted by Crippen LogP contribution is 2.37. The van der Waals surface area contributed by atoms with Crippen molar-refractivity contribution >= 4 is 23.1 Å². The second-order valence-electron chi connectivity index (χ2n) is 7.46. The van der Waals surface area contributed by atoms with Gasteiger partial charge in [-0.2, -0.15) is 0 Å². The van der Waals surface area contributed by atoms with Crippen LogP contribution < -0.4 is 19.5 Å². The van der Waals surface area contributed by atoms with Crippen molar-refractivity contribution in [1.82, 2.24) is 4.90 Å². The summed E-state index contributed by atoms with van der Waals surface area (Å²) in [4.78, 5) is 28.0. The van der Waals surface area contributed by atoms with Gasteiger partial charge in [0.1, 0.15) is 17.3 Å². The largest absolute Gasteiger partial charge is 0.496 e. The summed E-state index contributed by atoms with van der Waals surface area (Å²) in [5.41, 5.74) is 1.92. The first kappa shape index (κ1) is 20.6. The molecular weight excluding hydrogens is 427 g/mol. The molecule has 3 aromatic rings. The molecule has 0 aliphatic carbocycles. The number of nitrogens with zero attached hydrogens (tertiary/aromatic N) is 1. The summed E-state index contributed by atoms with van der Waals surface area (Å²) in [7, 11) is 1.53. The first-order valence-corrected chi connectivity index (χ1v) is 10.2. The molecule has 0 aromatic heterocycles. The van der Waals surface area contributed by atoms with Gasteiger partial charge in [0, 0.05) is 17.3 Å². The van der Waals surface area contributed by atoms with Crippen molar-refractivity contribution in [3.05, 3.63) is 89.4 Å². The van der Waals surface area contributed by atoms with E-state index in [9.17, 15) is 14.0 Å². The fourth-order valence-corrected chi connectivity index (χ4v) is 3.84. The van der Waals surface area contributed by atoms with Gasteiger partial charge in [-0.25, -0.2) is 4.39 Å². The van der Waals surface area contributed by atoms with Gasteiger partial charge < -0.3 is 19.5 Å². The molecule has 166 valence electrons. The summed E-state index contributed by atoms with van der Waals surface area (Å²) in [5, 5.41) is 3.07. The number of anilines is 1. The molecular formula is C25H19FN2O5. The summed E-state index contributed by atoms with van der Waals surface area (Å²) >= 11 is 0. The van der Waals surface area contributed by atoms with E-state index in [0.717, 1.165) is 4.90 Å². The molecule has 0 saturated carbocycles. The summed E-state index contributed by atoms with van der Waals surface area (Å²) in [6, 6.07) is 17.8. The van der Waals surface area contributed by atoms with Crippen LogP contribution in [0.2, 0.25) is 0 Å². The minimum atomic E-state index is -0.497. The van der Waals surface area contributed by atoms with E-state index in [1.165, 1.54) is 31.4 Å². The van der Waals surface area contributed by atoms with E-state index in [0.29, 0.717) is 34.1 Å². The molecule has 1 N–H and O–H groups in total. The monoisotopic (exact) mass is 446 g/mol. The van der Waals surface area contributed by atoms with Crippen molar-refractivity contribution in [3.8, 4) is 17.2 Å². The number of hydrogen-bond acceptors (Lipinski definition) is 6. The summed E-state index contributed by atoms with van der Waals surface area (Å²) in [6.45, 7) is 0.144. The van der Waals surface area contributed by atoms with Crippen molar-refractivity contribution in [2.24, 2.45) is 0 Å². The highest BCUT2D eigenvalue weighted by molar-refractivity contribution is 6.36. The van der Waals surface area contributed by atoms with Gasteiger partial charge >= 0.3 is 0 Å². The number of carbonyl (C=O) groups is 2. The van der Waals surface area contributed by atoms with Gasteiger partial charge in [0.15, 0.2) is 11.5 Å². The molecule has 0 radical (unpaired) electrons. The Kier molecular flexibility index (Phi) is 5.18. The van der Waals surface area contributed by atoms with Gasteiger partial charge in [-0.3, -0.25) is 14.5 Å². The molecule has 0 saturated heterocycles. The van der Waals surface area contributed by atoms with Crippen LogP contribution in [0.3, 0.4) is 0 Å². The molecule has 0 fully saturated rings. The van der Waals surface area contributed by atoms with E-state index in [1.807, 2.05) is 12.1 Å². The van der Waals surface area contributed by atoms with Gasteiger partial charge in [-0.05, 0) is 35.9 Å². The number of nitrogens with one attached hydrogen (secondary N) is 1. The van der Waals surface area contributed by atoms with Gasteiger partial charge in [0.2, 0.25) is 6.79 Å². The summed E-state index contributed by atoms with van der Waals surface area (Å²) < 4.78 is 29.6. The van der Waals surface area contributed by atoms with Gasteiger partial charge in [0.25, 0.3) is 11.8 Å². The lowest BCUT2D eigenvalue weighted by Crippen LogP contribution is -2.32. The Morgan fingerprint density at radius 2 is 1.73 bits per heavy atom. The lowest BCUT2D eigenvalue weighted by Gasteiger charge is -2.17. The summed E-state index contributed by atoms with van der Waals surface area (Å²) in [5.74, 6) is 0.279. The molecule has 0 spiro atoms. The van der Waals surface area contributed by atoms with E-state index < -0.39 is 17.6 Å². The van der Waals surface area contributed by atoms with Crippen molar-refractivity contribution in [3.63, 3.8) is 0 Å². The Bertz CT molecular complexity index is 1290. The third-order valence-electron chi connectivity index (χ3n) is 5.46. The molecule has 33 heavy (non-hydrogen) atoms. The SMILES string of the molecule is COc1ccccc1CN1C(=O)C(Nc2ccc3c(c2)OCO3)=C(c2ccc(F)cc2)C1=O. The van der Waals surface area contributed by atoms with E-state index >= 15 is 0 Å². The number of methoxy groups -OCH3 is 1. The molecule has 2 heterocycles. The van der Waals surface area contributed by atoms with Crippen molar-refractivity contribution in [1.29, 1.82) is 0 Å². The third kappa shape index (κ3) is 3.76. The lowest BCUT2D eigenvalue weighted by molar-refractivity contribution is -0.137. The fourth-order valence-electron chi connectivity index (χ4n) is 3.84. The Hall–Kier alpha value is -4.33. The molecule has 5 rings (SSSR count). The first-order chi connectivity index (χ1) is 16.0. The minimum absolute atomic E-state index is 0.0265. The molecule has 0 unspecified atom stereocenters. The fraction of sp³-hybridized carbons (Fsp3) is 0.120. The Balaban J connectivity index is 1.53. The number of amides is 2. The molecule has 2 aliphatic rings. The maximum absolute atomic E-state index is 13.5. The van der Waals surface area contributed by atoms with Crippen LogP contribution in [0.4, 0.5) is 10.1 Å². The first-order valence-electron chi connectivity index (χ1n) is 10.2. The molecule has 2 amide bonds. The number of ether oxygens (including phenoxy) is 3. The van der Waals surface area contributed by atoms with E-state index in [2.05, 4.69) is 5.32 Å². The number of halogens is 1. The number of para-hydroxylation sites is 1. The predicted molar refractivity (Wildman–Crippen MR) is 118 cm³/mol. The number of rotatable bonds is 6. The zero-order chi connectivity index (χ0) is 22.9. The highest BCUT2D eigenvalue weighted by atomic mass is 19.1. The van der Waals surface area contributed by atoms with Crippen molar-refractivity contribution < 1.29 is 28.2 Å². The lowest BCUT2D eigenvalue weighted by atomic mass is 10.0. The number of imide groups is 1. The topological polar surface area (TPSA) is 77.1 Å². The molecule has 0 bridgehead atoms. The van der Waals surface area contributed by atoms with Crippen LogP contribution in [0.1, 0.15) is 11.1 Å². The number of fused-ring (bicyclic) bond motifs is 1. The number of benzene rings is 3. The molecule has 3 aromatic carbocycles. The second-order valence-corrected chi connectivity index (χ2v) is 7.46. The highest BCUT2D eigenvalue weighted by Gasteiger charge is 2.39. The maximum Gasteiger partial charge on any atom is 0.278 e. The quantitative estimate of drug-likeness (QED) is 0.578. The van der Waals surface area contributed by atoms with E-state index in [4.69, 9.17) is 14.2 Å². The molecule has 0 atom stereocenters. The van der Waals surface area contributed by atoms with Crippen LogP contribution in [0.15, 0.2) is 72.4 Å². The maximum atomic E-state index is 13.5. The standard InChI is InChI=1S/C25H19FN2O5/c1-31-19-5-3-2-4-16(19)13-28-24(29)22(15-6-8-17(26)9-7-15)23(25(28)30)27-18-10-11-20-21(12-18)33-14-32-20/h2-12,27H,13-14H2,1H3. The zero-order valence-electron chi connectivity index (χ0n) is 17.6. The van der Waals surface area contributed by atoms with Crippen LogP contribution in [-0.2, 0) is 16.1 Å². The Labute approximate surface area is 189 Å². The van der Waals surface area contributed by atoms with Gasteiger partial charge in [-0.1, -0.05) is 30.3 Å². The predicted octanol–water partition coefficient (Wildman–Crippen LogP) is 3.96. The third-order valence-corrected chi connectivity index (χ3v) is 5.46. The summed E-state index contributed by atoms with van der Waals surface area (Å²) in [6.07, 6.45) is 0. The normalized spacial score (nSPS) is 14.8. The van der Waals surface area contributed by atoms with E-state index in [-0.39, 0.29) is 24.6 Å². The van der Waals surface area contributed by atoms with Crippen LogP contribution in [0.5, 0.6) is 17.2 Å². The number of hydrogen-bond donors (Lipinski definition) is 1. The zero-order valence-corrected chi connectivity index (χ0v) is 17.6. The second kappa shape index (κ2) is 8.31. The van der Waals surface area contributed by atoms with Gasteiger partial charge in [-0.15, -0.1) is 0 Å². The molecule has 2 aliphatic heterocycles. The molecule has 7 nitrogen and oxygen atoms in total. The van der Waals surface area contributed by atoms with Crippen LogP contribution >= 0.6 is 0 Å². The van der Waals surface area contributed by atoms with Crippen molar-refractivity contribution in [2.75, 3.05) is 19.2 Å². The average Bonchev–Trinajstić information content (AvgIpc) is 3.38. The molecule has 8 heteroatoms. The van der Waals surface area contributed by atoms with E-state index in [1.54, 1.807) is 30.3 Å². The van der Waals surface area contributed by atoms with Crippen LogP contribution in [-0.4, -0.2) is 30.6 Å². The van der Waals surface area contributed by atoms with Crippen LogP contribution in [0.25, 0.3) is 5.57 Å². The number of carbonyl (C=O) groups excluding carboxylic acids is 2. The van der Waals surface area contributed by atoms with Crippen LogP contribution in [0, 0.1) is 5.82 Å². The minimum Gasteiger partial charge on any atom is -0.496 e. The van der Waals surface area contributed by atoms with Gasteiger partial charge in [0.05, 0.1) is 19.2 Å². The smallest absolute Gasteiger partial charge is 0.278 e.